The number of hydrogen-bond donors (Lipinski definition) is 0. The number of hydrogen-bond acceptors (Lipinski definition) is 5. The van der Waals surface area contributed by atoms with Crippen molar-refractivity contribution in [3.63, 3.8) is 0 Å². The minimum Gasteiger partial charge on any atom is -0.493 e. The molecule has 2 fully saturated rings. The average molecular weight is 372 g/mol. The molecule has 0 N–H and O–H groups in total. The maximum absolute atomic E-state index is 13.0. The number of methoxy groups -OCH3 is 2. The fourth-order valence-electron chi connectivity index (χ4n) is 4.43. The summed E-state index contributed by atoms with van der Waals surface area (Å²) in [7, 11) is 3.29. The van der Waals surface area contributed by atoms with Crippen molar-refractivity contribution in [1.82, 2.24) is 9.80 Å². The maximum atomic E-state index is 13.0. The lowest BCUT2D eigenvalue weighted by Crippen LogP contribution is -2.51. The Morgan fingerprint density at radius 3 is 2.44 bits per heavy atom. The Labute approximate surface area is 160 Å². The van der Waals surface area contributed by atoms with Crippen LogP contribution in [0.3, 0.4) is 0 Å². The van der Waals surface area contributed by atoms with Crippen molar-refractivity contribution in [2.24, 2.45) is 5.92 Å². The molecule has 6 heteroatoms. The summed E-state index contributed by atoms with van der Waals surface area (Å²) >= 11 is 0. The van der Waals surface area contributed by atoms with Crippen LogP contribution < -0.4 is 9.47 Å². The highest BCUT2D eigenvalue weighted by atomic mass is 16.5. The Morgan fingerprint density at radius 1 is 1.07 bits per heavy atom. The average Bonchev–Trinajstić information content (AvgIpc) is 3.51. The summed E-state index contributed by atoms with van der Waals surface area (Å²) in [6.45, 7) is 2.61. The Balaban J connectivity index is 1.43. The molecule has 1 saturated heterocycles. The summed E-state index contributed by atoms with van der Waals surface area (Å²) < 4.78 is 10.8. The number of ketones is 1. The number of ether oxygens (including phenoxy) is 2. The van der Waals surface area contributed by atoms with Gasteiger partial charge in [-0.05, 0) is 48.4 Å². The van der Waals surface area contributed by atoms with E-state index in [1.165, 1.54) is 11.1 Å². The molecule has 1 unspecified atom stereocenters. The molecule has 27 heavy (non-hydrogen) atoms. The van der Waals surface area contributed by atoms with E-state index in [4.69, 9.17) is 9.47 Å². The van der Waals surface area contributed by atoms with Crippen molar-refractivity contribution >= 4 is 11.7 Å². The smallest absolute Gasteiger partial charge is 0.237 e. The highest BCUT2D eigenvalue weighted by Crippen LogP contribution is 2.39. The molecule has 1 atom stereocenters. The number of likely N-dealkylation sites (tertiary alicyclic amines) is 1. The van der Waals surface area contributed by atoms with Crippen LogP contribution >= 0.6 is 0 Å². The van der Waals surface area contributed by atoms with Crippen LogP contribution in [-0.4, -0.2) is 61.4 Å². The highest BCUT2D eigenvalue weighted by Gasteiger charge is 2.41. The van der Waals surface area contributed by atoms with E-state index in [1.54, 1.807) is 14.2 Å². The van der Waals surface area contributed by atoms with Gasteiger partial charge in [0.15, 0.2) is 11.5 Å². The van der Waals surface area contributed by atoms with E-state index in [9.17, 15) is 9.59 Å². The Hall–Kier alpha value is -2.08. The van der Waals surface area contributed by atoms with Crippen LogP contribution in [0.4, 0.5) is 0 Å². The van der Waals surface area contributed by atoms with Gasteiger partial charge in [-0.15, -0.1) is 0 Å². The number of rotatable bonds is 5. The fraction of sp³-hybridized carbons (Fsp3) is 0.619. The van der Waals surface area contributed by atoms with Crippen molar-refractivity contribution in [3.05, 3.63) is 23.3 Å². The fourth-order valence-corrected chi connectivity index (χ4v) is 4.43. The number of fused-ring (bicyclic) bond motifs is 1. The predicted octanol–water partition coefficient (Wildman–Crippen LogP) is 2.03. The van der Waals surface area contributed by atoms with Crippen molar-refractivity contribution in [3.8, 4) is 11.5 Å². The highest BCUT2D eigenvalue weighted by molar-refractivity contribution is 5.85. The first-order valence-corrected chi connectivity index (χ1v) is 9.86. The molecule has 0 radical (unpaired) electrons. The molecule has 2 heterocycles. The zero-order chi connectivity index (χ0) is 19.0. The summed E-state index contributed by atoms with van der Waals surface area (Å²) in [6, 6.07) is 4.21. The van der Waals surface area contributed by atoms with Gasteiger partial charge in [0.2, 0.25) is 5.91 Å². The summed E-state index contributed by atoms with van der Waals surface area (Å²) in [6.07, 6.45) is 4.26. The van der Waals surface area contributed by atoms with Crippen LogP contribution in [0.15, 0.2) is 12.1 Å². The molecule has 0 bridgehead atoms. The van der Waals surface area contributed by atoms with Crippen LogP contribution in [-0.2, 0) is 22.6 Å². The Bertz CT molecular complexity index is 744. The number of carbonyl (C=O) groups is 2. The molecule has 0 aromatic heterocycles. The van der Waals surface area contributed by atoms with Gasteiger partial charge in [0, 0.05) is 38.5 Å². The number of nitrogens with zero attached hydrogens (tertiary/aromatic N) is 2. The van der Waals surface area contributed by atoms with Crippen LogP contribution in [0.1, 0.15) is 36.8 Å². The third kappa shape index (κ3) is 3.81. The van der Waals surface area contributed by atoms with Crippen LogP contribution in [0, 0.1) is 5.92 Å². The van der Waals surface area contributed by atoms with Crippen molar-refractivity contribution < 1.29 is 19.1 Å². The van der Waals surface area contributed by atoms with Gasteiger partial charge in [0.05, 0.1) is 20.8 Å². The minimum atomic E-state index is 0.139. The second-order valence-corrected chi connectivity index (χ2v) is 7.92. The first-order chi connectivity index (χ1) is 13.1. The van der Waals surface area contributed by atoms with Gasteiger partial charge in [-0.2, -0.15) is 0 Å². The Morgan fingerprint density at radius 2 is 1.78 bits per heavy atom. The maximum Gasteiger partial charge on any atom is 0.237 e. The second-order valence-electron chi connectivity index (χ2n) is 7.92. The van der Waals surface area contributed by atoms with E-state index in [0.29, 0.717) is 37.6 Å². The molecule has 1 saturated carbocycles. The van der Waals surface area contributed by atoms with E-state index in [0.717, 1.165) is 43.9 Å². The third-order valence-corrected chi connectivity index (χ3v) is 6.11. The molecule has 1 aromatic rings. The topological polar surface area (TPSA) is 59.1 Å². The molecule has 4 rings (SSSR count). The zero-order valence-corrected chi connectivity index (χ0v) is 16.2. The number of benzene rings is 1. The monoisotopic (exact) mass is 372 g/mol. The van der Waals surface area contributed by atoms with E-state index >= 15 is 0 Å². The van der Waals surface area contributed by atoms with E-state index in [2.05, 4.69) is 4.90 Å². The van der Waals surface area contributed by atoms with Crippen LogP contribution in [0.2, 0.25) is 0 Å². The van der Waals surface area contributed by atoms with Gasteiger partial charge in [-0.25, -0.2) is 0 Å². The summed E-state index contributed by atoms with van der Waals surface area (Å²) in [5, 5.41) is 0. The lowest BCUT2D eigenvalue weighted by molar-refractivity contribution is -0.139. The lowest BCUT2D eigenvalue weighted by atomic mass is 9.96. The van der Waals surface area contributed by atoms with Crippen LogP contribution in [0.25, 0.3) is 0 Å². The number of Topliss-reactive ketones (excluding diaryl/α,β-unsaturated/α-hetero) is 1. The van der Waals surface area contributed by atoms with Crippen molar-refractivity contribution in [2.75, 3.05) is 33.9 Å². The molecular formula is C21H28N2O4. The normalized spacial score (nSPS) is 23.1. The first-order valence-electron chi connectivity index (χ1n) is 9.86. The number of carbonyl (C=O) groups excluding carboxylic acids is 2. The lowest BCUT2D eigenvalue weighted by Gasteiger charge is -2.37. The second kappa shape index (κ2) is 7.50. The van der Waals surface area contributed by atoms with Crippen molar-refractivity contribution in [2.45, 2.75) is 44.7 Å². The quantitative estimate of drug-likeness (QED) is 0.792. The zero-order valence-electron chi connectivity index (χ0n) is 16.2. The largest absolute Gasteiger partial charge is 0.493 e. The molecule has 3 aliphatic rings. The molecular weight excluding hydrogens is 344 g/mol. The first kappa shape index (κ1) is 18.3. The molecule has 1 aromatic carbocycles. The predicted molar refractivity (Wildman–Crippen MR) is 101 cm³/mol. The van der Waals surface area contributed by atoms with Gasteiger partial charge < -0.3 is 14.4 Å². The summed E-state index contributed by atoms with van der Waals surface area (Å²) in [5.74, 6) is 2.50. The Kier molecular flexibility index (Phi) is 5.08. The van der Waals surface area contributed by atoms with Crippen LogP contribution in [0.5, 0.6) is 11.5 Å². The van der Waals surface area contributed by atoms with E-state index < -0.39 is 0 Å². The SMILES string of the molecule is COc1cc2c(cc1OC)CN(CC(=O)N1CCC(=O)CC1C1CC1)CC2. The van der Waals surface area contributed by atoms with Gasteiger partial charge in [-0.3, -0.25) is 14.5 Å². The molecule has 1 aliphatic carbocycles. The van der Waals surface area contributed by atoms with E-state index in [-0.39, 0.29) is 11.9 Å². The minimum absolute atomic E-state index is 0.139. The van der Waals surface area contributed by atoms with Gasteiger partial charge in [0.25, 0.3) is 0 Å². The molecule has 146 valence electrons. The summed E-state index contributed by atoms with van der Waals surface area (Å²) in [4.78, 5) is 29.0. The molecule has 0 spiro atoms. The molecule has 6 nitrogen and oxygen atoms in total. The standard InChI is InChI=1S/C21H28N2O4/c1-26-19-9-15-5-7-22(12-16(15)10-20(19)27-2)13-21(25)23-8-6-17(24)11-18(23)14-3-4-14/h9-10,14,18H,3-8,11-13H2,1-2H3. The molecule has 1 amide bonds. The van der Waals surface area contributed by atoms with Crippen molar-refractivity contribution in [1.29, 1.82) is 0 Å². The van der Waals surface area contributed by atoms with Gasteiger partial charge >= 0.3 is 0 Å². The van der Waals surface area contributed by atoms with Gasteiger partial charge in [-0.1, -0.05) is 0 Å². The molecule has 2 aliphatic heterocycles. The summed E-state index contributed by atoms with van der Waals surface area (Å²) in [5.41, 5.74) is 2.45. The number of piperidine rings is 1. The van der Waals surface area contributed by atoms with Gasteiger partial charge in [0.1, 0.15) is 5.78 Å². The number of amides is 1. The third-order valence-electron chi connectivity index (χ3n) is 6.11. The van der Waals surface area contributed by atoms with E-state index in [1.807, 2.05) is 17.0 Å².